The first-order valence-corrected chi connectivity index (χ1v) is 5.69. The highest BCUT2D eigenvalue weighted by Gasteiger charge is 2.12. The molecule has 19 heavy (non-hydrogen) atoms. The Morgan fingerprint density at radius 2 is 2.05 bits per heavy atom. The van der Waals surface area contributed by atoms with Gasteiger partial charge < -0.3 is 9.52 Å². The van der Waals surface area contributed by atoms with Crippen LogP contribution in [0.2, 0.25) is 5.02 Å². The number of aromatic carboxylic acids is 1. The van der Waals surface area contributed by atoms with Gasteiger partial charge >= 0.3 is 5.97 Å². The van der Waals surface area contributed by atoms with Crippen molar-refractivity contribution in [3.63, 3.8) is 0 Å². The predicted molar refractivity (Wildman–Crippen MR) is 69.8 cm³/mol. The predicted octanol–water partition coefficient (Wildman–Crippen LogP) is 2.69. The Labute approximate surface area is 111 Å². The number of aromatic nitrogens is 1. The van der Waals surface area contributed by atoms with Gasteiger partial charge in [-0.25, -0.2) is 9.78 Å². The van der Waals surface area contributed by atoms with Crippen LogP contribution < -0.4 is 5.43 Å². The van der Waals surface area contributed by atoms with E-state index in [1.54, 1.807) is 12.1 Å². The van der Waals surface area contributed by atoms with Gasteiger partial charge in [-0.1, -0.05) is 11.6 Å². The number of pyridine rings is 1. The SMILES string of the molecule is O=C(O)c1cnc2c(=O)c3cc(Cl)ccc3oc2c1. The van der Waals surface area contributed by atoms with Gasteiger partial charge in [-0.3, -0.25) is 4.79 Å². The van der Waals surface area contributed by atoms with Crippen LogP contribution >= 0.6 is 11.6 Å². The lowest BCUT2D eigenvalue weighted by atomic mass is 10.2. The minimum Gasteiger partial charge on any atom is -0.478 e. The van der Waals surface area contributed by atoms with E-state index in [2.05, 4.69) is 4.98 Å². The first-order valence-electron chi connectivity index (χ1n) is 5.31. The number of hydrogen-bond donors (Lipinski definition) is 1. The Morgan fingerprint density at radius 1 is 1.26 bits per heavy atom. The topological polar surface area (TPSA) is 80.4 Å². The van der Waals surface area contributed by atoms with Crippen LogP contribution in [0.15, 0.2) is 39.7 Å². The Balaban J connectivity index is 2.46. The number of carboxylic acids is 1. The second-order valence-corrected chi connectivity index (χ2v) is 4.38. The zero-order chi connectivity index (χ0) is 13.6. The molecule has 0 fully saturated rings. The molecule has 94 valence electrons. The summed E-state index contributed by atoms with van der Waals surface area (Å²) in [5.74, 6) is -1.13. The molecule has 3 aromatic rings. The van der Waals surface area contributed by atoms with Crippen molar-refractivity contribution in [3.05, 3.63) is 51.3 Å². The highest BCUT2D eigenvalue weighted by molar-refractivity contribution is 6.31. The molecule has 1 aromatic carbocycles. The molecule has 0 spiro atoms. The van der Waals surface area contributed by atoms with Crippen molar-refractivity contribution in [2.45, 2.75) is 0 Å². The second-order valence-electron chi connectivity index (χ2n) is 3.95. The number of carboxylic acid groups (broad SMARTS) is 1. The maximum Gasteiger partial charge on any atom is 0.337 e. The van der Waals surface area contributed by atoms with Gasteiger partial charge in [-0.05, 0) is 24.3 Å². The highest BCUT2D eigenvalue weighted by atomic mass is 35.5. The van der Waals surface area contributed by atoms with Gasteiger partial charge in [0.15, 0.2) is 11.1 Å². The Bertz CT molecular complexity index is 885. The fourth-order valence-corrected chi connectivity index (χ4v) is 2.00. The van der Waals surface area contributed by atoms with Gasteiger partial charge in [0.05, 0.1) is 10.9 Å². The molecule has 0 saturated carbocycles. The number of fused-ring (bicyclic) bond motifs is 2. The van der Waals surface area contributed by atoms with E-state index in [1.807, 2.05) is 0 Å². The maximum absolute atomic E-state index is 12.2. The summed E-state index contributed by atoms with van der Waals surface area (Å²) in [5.41, 5.74) is 0.186. The average Bonchev–Trinajstić information content (AvgIpc) is 2.39. The van der Waals surface area contributed by atoms with Crippen molar-refractivity contribution in [3.8, 4) is 0 Å². The summed E-state index contributed by atoms with van der Waals surface area (Å²) in [7, 11) is 0. The lowest BCUT2D eigenvalue weighted by Gasteiger charge is -2.02. The van der Waals surface area contributed by atoms with Gasteiger partial charge in [0, 0.05) is 11.2 Å². The summed E-state index contributed by atoms with van der Waals surface area (Å²) >= 11 is 5.83. The van der Waals surface area contributed by atoms with E-state index in [0.717, 1.165) is 6.20 Å². The van der Waals surface area contributed by atoms with Crippen LogP contribution in [0, 0.1) is 0 Å². The molecule has 5 nitrogen and oxygen atoms in total. The number of hydrogen-bond acceptors (Lipinski definition) is 4. The van der Waals surface area contributed by atoms with Crippen LogP contribution in [-0.2, 0) is 0 Å². The molecule has 1 N–H and O–H groups in total. The Kier molecular flexibility index (Phi) is 2.50. The quantitative estimate of drug-likeness (QED) is 0.691. The van der Waals surface area contributed by atoms with Gasteiger partial charge in [0.2, 0.25) is 5.43 Å². The van der Waals surface area contributed by atoms with E-state index >= 15 is 0 Å². The van der Waals surface area contributed by atoms with Crippen LogP contribution in [0.25, 0.3) is 22.1 Å². The molecule has 2 aromatic heterocycles. The van der Waals surface area contributed by atoms with Crippen molar-refractivity contribution in [2.24, 2.45) is 0 Å². The van der Waals surface area contributed by atoms with E-state index in [0.29, 0.717) is 16.0 Å². The lowest BCUT2D eigenvalue weighted by molar-refractivity contribution is 0.0696. The number of nitrogens with zero attached hydrogens (tertiary/aromatic N) is 1. The minimum absolute atomic E-state index is 0.0380. The van der Waals surface area contributed by atoms with Crippen molar-refractivity contribution >= 4 is 39.6 Å². The molecule has 0 amide bonds. The van der Waals surface area contributed by atoms with Crippen LogP contribution in [-0.4, -0.2) is 16.1 Å². The summed E-state index contributed by atoms with van der Waals surface area (Å²) < 4.78 is 5.49. The van der Waals surface area contributed by atoms with Gasteiger partial charge in [0.25, 0.3) is 0 Å². The second kappa shape index (κ2) is 4.07. The first kappa shape index (κ1) is 11.7. The van der Waals surface area contributed by atoms with E-state index in [4.69, 9.17) is 21.1 Å². The normalized spacial score (nSPS) is 11.0. The van der Waals surface area contributed by atoms with Gasteiger partial charge in [0.1, 0.15) is 5.58 Å². The molecular formula is C13H6ClNO4. The standard InChI is InChI=1S/C13H6ClNO4/c14-7-1-2-9-8(4-7)12(16)11-10(19-9)3-6(5-15-11)13(17)18/h1-5H,(H,17,18). The molecule has 0 saturated heterocycles. The number of rotatable bonds is 1. The monoisotopic (exact) mass is 275 g/mol. The zero-order valence-corrected chi connectivity index (χ0v) is 10.1. The smallest absolute Gasteiger partial charge is 0.337 e. The number of carbonyl (C=O) groups is 1. The van der Waals surface area contributed by atoms with Crippen LogP contribution in [0.4, 0.5) is 0 Å². The van der Waals surface area contributed by atoms with E-state index in [1.165, 1.54) is 12.1 Å². The maximum atomic E-state index is 12.2. The third-order valence-corrected chi connectivity index (χ3v) is 2.96. The lowest BCUT2D eigenvalue weighted by Crippen LogP contribution is -2.06. The summed E-state index contributed by atoms with van der Waals surface area (Å²) in [4.78, 5) is 26.9. The van der Waals surface area contributed by atoms with Crippen LogP contribution in [0.5, 0.6) is 0 Å². The van der Waals surface area contributed by atoms with Crippen LogP contribution in [0.3, 0.4) is 0 Å². The Morgan fingerprint density at radius 3 is 2.79 bits per heavy atom. The van der Waals surface area contributed by atoms with Crippen molar-refractivity contribution in [1.29, 1.82) is 0 Å². The van der Waals surface area contributed by atoms with E-state index in [9.17, 15) is 9.59 Å². The molecule has 0 atom stereocenters. The zero-order valence-electron chi connectivity index (χ0n) is 9.38. The summed E-state index contributed by atoms with van der Waals surface area (Å²) in [6.45, 7) is 0. The summed E-state index contributed by atoms with van der Waals surface area (Å²) in [6.07, 6.45) is 1.12. The third-order valence-electron chi connectivity index (χ3n) is 2.72. The Hall–Kier alpha value is -2.40. The molecule has 0 unspecified atom stereocenters. The molecule has 6 heteroatoms. The van der Waals surface area contributed by atoms with Gasteiger partial charge in [-0.15, -0.1) is 0 Å². The van der Waals surface area contributed by atoms with Crippen molar-refractivity contribution in [2.75, 3.05) is 0 Å². The molecule has 0 aliphatic carbocycles. The summed E-state index contributed by atoms with van der Waals surface area (Å²) in [5, 5.41) is 9.62. The molecule has 0 aliphatic rings. The molecular weight excluding hydrogens is 270 g/mol. The average molecular weight is 276 g/mol. The van der Waals surface area contributed by atoms with Crippen LogP contribution in [0.1, 0.15) is 10.4 Å². The molecule has 0 aliphatic heterocycles. The largest absolute Gasteiger partial charge is 0.478 e. The van der Waals surface area contributed by atoms with Crippen molar-refractivity contribution in [1.82, 2.24) is 4.98 Å². The van der Waals surface area contributed by atoms with Crippen molar-refractivity contribution < 1.29 is 14.3 Å². The first-order chi connectivity index (χ1) is 9.06. The third kappa shape index (κ3) is 1.84. The van der Waals surface area contributed by atoms with E-state index in [-0.39, 0.29) is 22.1 Å². The minimum atomic E-state index is -1.13. The fraction of sp³-hybridized carbons (Fsp3) is 0. The molecule has 0 radical (unpaired) electrons. The fourth-order valence-electron chi connectivity index (χ4n) is 1.82. The van der Waals surface area contributed by atoms with Gasteiger partial charge in [-0.2, -0.15) is 0 Å². The summed E-state index contributed by atoms with van der Waals surface area (Å²) in [6, 6.07) is 5.92. The number of halogens is 1. The molecule has 2 heterocycles. The molecule has 3 rings (SSSR count). The van der Waals surface area contributed by atoms with E-state index < -0.39 is 5.97 Å². The highest BCUT2D eigenvalue weighted by Crippen LogP contribution is 2.21. The molecule has 0 bridgehead atoms. The number of benzene rings is 1.